The molecular formula is C13H19N. The zero-order valence-electron chi connectivity index (χ0n) is 9.33. The van der Waals surface area contributed by atoms with E-state index in [0.29, 0.717) is 5.92 Å². The Bertz CT molecular complexity index is 285. The number of benzene rings is 1. The van der Waals surface area contributed by atoms with Crippen molar-refractivity contribution in [2.24, 2.45) is 10.9 Å². The Labute approximate surface area is 86.9 Å². The predicted octanol–water partition coefficient (Wildman–Crippen LogP) is 3.69. The molecule has 0 amide bonds. The molecule has 0 spiro atoms. The fourth-order valence-corrected chi connectivity index (χ4v) is 1.47. The maximum Gasteiger partial charge on any atom is 0.0639 e. The van der Waals surface area contributed by atoms with Crippen molar-refractivity contribution in [3.05, 3.63) is 35.9 Å². The van der Waals surface area contributed by atoms with E-state index >= 15 is 0 Å². The minimum Gasteiger partial charge on any atom is -0.290 e. The second-order valence-corrected chi connectivity index (χ2v) is 4.14. The Hall–Kier alpha value is -1.11. The highest BCUT2D eigenvalue weighted by Gasteiger charge is 1.96. The molecule has 0 saturated carbocycles. The summed E-state index contributed by atoms with van der Waals surface area (Å²) < 4.78 is 0. The van der Waals surface area contributed by atoms with E-state index in [9.17, 15) is 0 Å². The largest absolute Gasteiger partial charge is 0.290 e. The van der Waals surface area contributed by atoms with Crippen LogP contribution in [0.1, 0.15) is 32.8 Å². The summed E-state index contributed by atoms with van der Waals surface area (Å²) in [4.78, 5) is 4.55. The van der Waals surface area contributed by atoms with Gasteiger partial charge in [0.25, 0.3) is 0 Å². The molecule has 76 valence electrons. The van der Waals surface area contributed by atoms with Crippen LogP contribution in [0.2, 0.25) is 0 Å². The third kappa shape index (κ3) is 4.22. The molecular weight excluding hydrogens is 170 g/mol. The first-order chi connectivity index (χ1) is 6.68. The molecule has 1 aromatic rings. The average Bonchev–Trinajstić information content (AvgIpc) is 2.15. The predicted molar refractivity (Wildman–Crippen MR) is 62.7 cm³/mol. The van der Waals surface area contributed by atoms with Gasteiger partial charge in [-0.15, -0.1) is 0 Å². The molecule has 0 fully saturated rings. The fourth-order valence-electron chi connectivity index (χ4n) is 1.47. The zero-order chi connectivity index (χ0) is 10.4. The summed E-state index contributed by atoms with van der Waals surface area (Å²) >= 11 is 0. The maximum absolute atomic E-state index is 4.55. The van der Waals surface area contributed by atoms with E-state index in [1.165, 1.54) is 11.3 Å². The van der Waals surface area contributed by atoms with Crippen molar-refractivity contribution in [2.45, 2.75) is 33.7 Å². The molecule has 0 bridgehead atoms. The van der Waals surface area contributed by atoms with Crippen molar-refractivity contribution < 1.29 is 0 Å². The van der Waals surface area contributed by atoms with Gasteiger partial charge >= 0.3 is 0 Å². The summed E-state index contributed by atoms with van der Waals surface area (Å²) in [7, 11) is 0. The first-order valence-electron chi connectivity index (χ1n) is 5.22. The van der Waals surface area contributed by atoms with E-state index in [1.807, 2.05) is 6.07 Å². The quantitative estimate of drug-likeness (QED) is 0.640. The molecule has 0 aromatic heterocycles. The molecule has 0 N–H and O–H groups in total. The van der Waals surface area contributed by atoms with Crippen LogP contribution in [0, 0.1) is 5.92 Å². The van der Waals surface area contributed by atoms with Crippen LogP contribution >= 0.6 is 0 Å². The SMILES string of the molecule is CC(CC(C)C)=NCc1ccccc1. The monoisotopic (exact) mass is 189 g/mol. The Morgan fingerprint density at radius 3 is 2.43 bits per heavy atom. The molecule has 0 saturated heterocycles. The molecule has 0 atom stereocenters. The van der Waals surface area contributed by atoms with Crippen molar-refractivity contribution in [3.63, 3.8) is 0 Å². The lowest BCUT2D eigenvalue weighted by Gasteiger charge is -2.03. The smallest absolute Gasteiger partial charge is 0.0639 e. The van der Waals surface area contributed by atoms with Crippen LogP contribution < -0.4 is 0 Å². The molecule has 1 rings (SSSR count). The molecule has 0 aliphatic carbocycles. The van der Waals surface area contributed by atoms with Gasteiger partial charge < -0.3 is 0 Å². The normalized spacial score (nSPS) is 12.1. The lowest BCUT2D eigenvalue weighted by molar-refractivity contribution is 0.680. The van der Waals surface area contributed by atoms with Crippen LogP contribution in [0.5, 0.6) is 0 Å². The summed E-state index contributed by atoms with van der Waals surface area (Å²) in [5, 5.41) is 0. The first kappa shape index (κ1) is 11.0. The minimum absolute atomic E-state index is 0.703. The van der Waals surface area contributed by atoms with Gasteiger partial charge in [0.05, 0.1) is 6.54 Å². The van der Waals surface area contributed by atoms with Crippen molar-refractivity contribution in [1.82, 2.24) is 0 Å². The summed E-state index contributed by atoms with van der Waals surface area (Å²) in [6, 6.07) is 10.4. The Kier molecular flexibility index (Phi) is 4.37. The van der Waals surface area contributed by atoms with E-state index in [0.717, 1.165) is 13.0 Å². The van der Waals surface area contributed by atoms with Crippen molar-refractivity contribution in [1.29, 1.82) is 0 Å². The number of aliphatic imine (C=N–C) groups is 1. The van der Waals surface area contributed by atoms with Gasteiger partial charge in [0.2, 0.25) is 0 Å². The molecule has 0 aliphatic heterocycles. The van der Waals surface area contributed by atoms with Gasteiger partial charge in [0, 0.05) is 5.71 Å². The van der Waals surface area contributed by atoms with Crippen LogP contribution in [0.25, 0.3) is 0 Å². The first-order valence-corrected chi connectivity index (χ1v) is 5.22. The Balaban J connectivity index is 2.47. The number of hydrogen-bond donors (Lipinski definition) is 0. The van der Waals surface area contributed by atoms with E-state index in [2.05, 4.69) is 50.0 Å². The van der Waals surface area contributed by atoms with Crippen LogP contribution in [0.4, 0.5) is 0 Å². The number of hydrogen-bond acceptors (Lipinski definition) is 1. The lowest BCUT2D eigenvalue weighted by atomic mass is 10.1. The second-order valence-electron chi connectivity index (χ2n) is 4.14. The van der Waals surface area contributed by atoms with Gasteiger partial charge in [-0.2, -0.15) is 0 Å². The van der Waals surface area contributed by atoms with Gasteiger partial charge in [-0.3, -0.25) is 4.99 Å². The third-order valence-corrected chi connectivity index (χ3v) is 2.08. The number of rotatable bonds is 4. The Morgan fingerprint density at radius 1 is 1.21 bits per heavy atom. The van der Waals surface area contributed by atoms with Crippen molar-refractivity contribution in [2.75, 3.05) is 0 Å². The van der Waals surface area contributed by atoms with Gasteiger partial charge in [0.15, 0.2) is 0 Å². The van der Waals surface area contributed by atoms with Gasteiger partial charge in [0.1, 0.15) is 0 Å². The van der Waals surface area contributed by atoms with Crippen molar-refractivity contribution in [3.8, 4) is 0 Å². The Morgan fingerprint density at radius 2 is 1.86 bits per heavy atom. The van der Waals surface area contributed by atoms with Crippen LogP contribution in [-0.4, -0.2) is 5.71 Å². The van der Waals surface area contributed by atoms with Crippen LogP contribution in [0.3, 0.4) is 0 Å². The molecule has 1 heteroatoms. The van der Waals surface area contributed by atoms with Gasteiger partial charge in [-0.25, -0.2) is 0 Å². The van der Waals surface area contributed by atoms with Crippen molar-refractivity contribution >= 4 is 5.71 Å². The minimum atomic E-state index is 0.703. The highest BCUT2D eigenvalue weighted by molar-refractivity contribution is 5.82. The molecule has 0 heterocycles. The molecule has 0 radical (unpaired) electrons. The van der Waals surface area contributed by atoms with E-state index in [1.54, 1.807) is 0 Å². The zero-order valence-corrected chi connectivity index (χ0v) is 9.33. The molecule has 14 heavy (non-hydrogen) atoms. The summed E-state index contributed by atoms with van der Waals surface area (Å²) in [5.74, 6) is 0.703. The summed E-state index contributed by atoms with van der Waals surface area (Å²) in [6.07, 6.45) is 1.10. The number of nitrogens with zero attached hydrogens (tertiary/aromatic N) is 1. The summed E-state index contributed by atoms with van der Waals surface area (Å²) in [5.41, 5.74) is 2.54. The highest BCUT2D eigenvalue weighted by atomic mass is 14.7. The van der Waals surface area contributed by atoms with E-state index < -0.39 is 0 Å². The molecule has 1 nitrogen and oxygen atoms in total. The standard InChI is InChI=1S/C13H19N/c1-11(2)9-12(3)14-10-13-7-5-4-6-8-13/h4-8,11H,9-10H2,1-3H3. The van der Waals surface area contributed by atoms with E-state index in [-0.39, 0.29) is 0 Å². The van der Waals surface area contributed by atoms with E-state index in [4.69, 9.17) is 0 Å². The summed E-state index contributed by atoms with van der Waals surface area (Å²) in [6.45, 7) is 7.38. The van der Waals surface area contributed by atoms with Crippen LogP contribution in [-0.2, 0) is 6.54 Å². The third-order valence-electron chi connectivity index (χ3n) is 2.08. The fraction of sp³-hybridized carbons (Fsp3) is 0.462. The maximum atomic E-state index is 4.55. The van der Waals surface area contributed by atoms with Gasteiger partial charge in [-0.1, -0.05) is 44.2 Å². The van der Waals surface area contributed by atoms with Crippen LogP contribution in [0.15, 0.2) is 35.3 Å². The second kappa shape index (κ2) is 5.58. The topological polar surface area (TPSA) is 12.4 Å². The molecule has 0 aliphatic rings. The molecule has 0 unspecified atom stereocenters. The molecule has 1 aromatic carbocycles. The highest BCUT2D eigenvalue weighted by Crippen LogP contribution is 2.04. The van der Waals surface area contributed by atoms with Gasteiger partial charge in [-0.05, 0) is 24.8 Å². The lowest BCUT2D eigenvalue weighted by Crippen LogP contribution is -1.98. The average molecular weight is 189 g/mol.